The van der Waals surface area contributed by atoms with E-state index in [1.807, 2.05) is 32.0 Å². The SMILES string of the molecule is Cc1cccc(NC(=O)CCCO)c1C. The first kappa shape index (κ1) is 11.7. The van der Waals surface area contributed by atoms with Crippen LogP contribution in [0.4, 0.5) is 5.69 Å². The van der Waals surface area contributed by atoms with Gasteiger partial charge in [-0.05, 0) is 37.5 Å². The maximum absolute atomic E-state index is 11.4. The van der Waals surface area contributed by atoms with Crippen molar-refractivity contribution in [2.75, 3.05) is 11.9 Å². The molecule has 0 saturated carbocycles. The summed E-state index contributed by atoms with van der Waals surface area (Å²) in [6.45, 7) is 4.05. The van der Waals surface area contributed by atoms with Crippen molar-refractivity contribution in [3.8, 4) is 0 Å². The van der Waals surface area contributed by atoms with Crippen molar-refractivity contribution in [1.82, 2.24) is 0 Å². The Morgan fingerprint density at radius 3 is 2.80 bits per heavy atom. The van der Waals surface area contributed by atoms with Crippen LogP contribution in [0.1, 0.15) is 24.0 Å². The van der Waals surface area contributed by atoms with Crippen molar-refractivity contribution in [2.45, 2.75) is 26.7 Å². The maximum Gasteiger partial charge on any atom is 0.224 e. The molecule has 0 aliphatic rings. The summed E-state index contributed by atoms with van der Waals surface area (Å²) in [7, 11) is 0. The predicted octanol–water partition coefficient (Wildman–Crippen LogP) is 2.01. The van der Waals surface area contributed by atoms with Crippen molar-refractivity contribution < 1.29 is 9.90 Å². The molecule has 1 amide bonds. The van der Waals surface area contributed by atoms with Crippen LogP contribution >= 0.6 is 0 Å². The molecule has 0 bridgehead atoms. The van der Waals surface area contributed by atoms with Gasteiger partial charge >= 0.3 is 0 Å². The third-order valence-electron chi connectivity index (χ3n) is 2.44. The summed E-state index contributed by atoms with van der Waals surface area (Å²) < 4.78 is 0. The number of hydrogen-bond donors (Lipinski definition) is 2. The molecule has 0 saturated heterocycles. The minimum Gasteiger partial charge on any atom is -0.396 e. The Kier molecular flexibility index (Phi) is 4.31. The zero-order chi connectivity index (χ0) is 11.3. The number of benzene rings is 1. The van der Waals surface area contributed by atoms with Gasteiger partial charge in [0.1, 0.15) is 0 Å². The van der Waals surface area contributed by atoms with E-state index in [1.54, 1.807) is 0 Å². The third kappa shape index (κ3) is 3.36. The second-order valence-electron chi connectivity index (χ2n) is 3.62. The molecular weight excluding hydrogens is 190 g/mol. The predicted molar refractivity (Wildman–Crippen MR) is 60.9 cm³/mol. The first-order valence-corrected chi connectivity index (χ1v) is 5.12. The molecule has 3 nitrogen and oxygen atoms in total. The Labute approximate surface area is 90.1 Å². The molecule has 0 heterocycles. The Balaban J connectivity index is 2.64. The summed E-state index contributed by atoms with van der Waals surface area (Å²) in [4.78, 5) is 11.4. The lowest BCUT2D eigenvalue weighted by Crippen LogP contribution is -2.12. The fraction of sp³-hybridized carbons (Fsp3) is 0.417. The first-order chi connectivity index (χ1) is 7.15. The van der Waals surface area contributed by atoms with Crippen LogP contribution < -0.4 is 5.32 Å². The lowest BCUT2D eigenvalue weighted by molar-refractivity contribution is -0.116. The van der Waals surface area contributed by atoms with E-state index in [0.29, 0.717) is 12.8 Å². The summed E-state index contributed by atoms with van der Waals surface area (Å²) in [6, 6.07) is 5.82. The number of aliphatic hydroxyl groups is 1. The third-order valence-corrected chi connectivity index (χ3v) is 2.44. The van der Waals surface area contributed by atoms with Gasteiger partial charge in [-0.15, -0.1) is 0 Å². The Morgan fingerprint density at radius 2 is 2.13 bits per heavy atom. The quantitative estimate of drug-likeness (QED) is 0.793. The molecular formula is C12H17NO2. The topological polar surface area (TPSA) is 49.3 Å². The molecule has 0 unspecified atom stereocenters. The van der Waals surface area contributed by atoms with E-state index in [2.05, 4.69) is 5.32 Å². The summed E-state index contributed by atoms with van der Waals surface area (Å²) in [5.74, 6) is -0.0437. The maximum atomic E-state index is 11.4. The monoisotopic (exact) mass is 207 g/mol. The molecule has 2 N–H and O–H groups in total. The van der Waals surface area contributed by atoms with Gasteiger partial charge in [0.2, 0.25) is 5.91 Å². The number of nitrogens with one attached hydrogen (secondary N) is 1. The number of aliphatic hydroxyl groups excluding tert-OH is 1. The van der Waals surface area contributed by atoms with Crippen LogP contribution in [0.5, 0.6) is 0 Å². The van der Waals surface area contributed by atoms with Crippen LogP contribution in [0, 0.1) is 13.8 Å². The highest BCUT2D eigenvalue weighted by molar-refractivity contribution is 5.91. The van der Waals surface area contributed by atoms with Gasteiger partial charge in [0.05, 0.1) is 0 Å². The van der Waals surface area contributed by atoms with E-state index in [9.17, 15) is 4.79 Å². The average Bonchev–Trinajstić information content (AvgIpc) is 2.22. The first-order valence-electron chi connectivity index (χ1n) is 5.12. The molecule has 0 atom stereocenters. The summed E-state index contributed by atoms with van der Waals surface area (Å²) >= 11 is 0. The molecule has 82 valence electrons. The fourth-order valence-corrected chi connectivity index (χ4v) is 1.34. The van der Waals surface area contributed by atoms with Crippen molar-refractivity contribution in [2.24, 2.45) is 0 Å². The van der Waals surface area contributed by atoms with E-state index in [0.717, 1.165) is 16.8 Å². The van der Waals surface area contributed by atoms with E-state index in [-0.39, 0.29) is 12.5 Å². The zero-order valence-electron chi connectivity index (χ0n) is 9.21. The minimum absolute atomic E-state index is 0.0437. The minimum atomic E-state index is -0.0437. The normalized spacial score (nSPS) is 10.1. The lowest BCUT2D eigenvalue weighted by Gasteiger charge is -2.09. The molecule has 0 aromatic heterocycles. The number of carbonyl (C=O) groups is 1. The highest BCUT2D eigenvalue weighted by Gasteiger charge is 2.04. The number of carbonyl (C=O) groups excluding carboxylic acids is 1. The van der Waals surface area contributed by atoms with Crippen LogP contribution in [-0.4, -0.2) is 17.6 Å². The molecule has 0 fully saturated rings. The van der Waals surface area contributed by atoms with Crippen LogP contribution in [0.15, 0.2) is 18.2 Å². The Morgan fingerprint density at radius 1 is 1.40 bits per heavy atom. The smallest absolute Gasteiger partial charge is 0.224 e. The second-order valence-corrected chi connectivity index (χ2v) is 3.62. The fourth-order valence-electron chi connectivity index (χ4n) is 1.34. The number of rotatable bonds is 4. The Hall–Kier alpha value is -1.35. The lowest BCUT2D eigenvalue weighted by atomic mass is 10.1. The number of hydrogen-bond acceptors (Lipinski definition) is 2. The van der Waals surface area contributed by atoms with Gasteiger partial charge in [0.25, 0.3) is 0 Å². The highest BCUT2D eigenvalue weighted by atomic mass is 16.3. The van der Waals surface area contributed by atoms with E-state index >= 15 is 0 Å². The molecule has 15 heavy (non-hydrogen) atoms. The molecule has 0 radical (unpaired) electrons. The largest absolute Gasteiger partial charge is 0.396 e. The Bertz CT molecular complexity index is 347. The van der Waals surface area contributed by atoms with Crippen molar-refractivity contribution in [1.29, 1.82) is 0 Å². The summed E-state index contributed by atoms with van der Waals surface area (Å²) in [5.41, 5.74) is 3.11. The van der Waals surface area contributed by atoms with Crippen molar-refractivity contribution in [3.05, 3.63) is 29.3 Å². The van der Waals surface area contributed by atoms with Crippen molar-refractivity contribution in [3.63, 3.8) is 0 Å². The number of anilines is 1. The summed E-state index contributed by atoms with van der Waals surface area (Å²) in [5, 5.41) is 11.4. The summed E-state index contributed by atoms with van der Waals surface area (Å²) in [6.07, 6.45) is 0.876. The van der Waals surface area contributed by atoms with Gasteiger partial charge in [-0.1, -0.05) is 12.1 Å². The average molecular weight is 207 g/mol. The van der Waals surface area contributed by atoms with E-state index < -0.39 is 0 Å². The van der Waals surface area contributed by atoms with Gasteiger partial charge in [-0.2, -0.15) is 0 Å². The van der Waals surface area contributed by atoms with Crippen LogP contribution in [-0.2, 0) is 4.79 Å². The molecule has 0 aliphatic carbocycles. The molecule has 1 aromatic rings. The van der Waals surface area contributed by atoms with Gasteiger partial charge in [0, 0.05) is 18.7 Å². The van der Waals surface area contributed by atoms with E-state index in [4.69, 9.17) is 5.11 Å². The molecule has 0 aliphatic heterocycles. The highest BCUT2D eigenvalue weighted by Crippen LogP contribution is 2.18. The van der Waals surface area contributed by atoms with Crippen LogP contribution in [0.25, 0.3) is 0 Å². The van der Waals surface area contributed by atoms with Gasteiger partial charge < -0.3 is 10.4 Å². The van der Waals surface area contributed by atoms with Gasteiger partial charge in [-0.3, -0.25) is 4.79 Å². The van der Waals surface area contributed by atoms with Crippen LogP contribution in [0.2, 0.25) is 0 Å². The van der Waals surface area contributed by atoms with E-state index in [1.165, 1.54) is 0 Å². The molecule has 0 spiro atoms. The molecule has 1 rings (SSSR count). The number of amides is 1. The van der Waals surface area contributed by atoms with Gasteiger partial charge in [0.15, 0.2) is 0 Å². The molecule has 3 heteroatoms. The number of aryl methyl sites for hydroxylation is 1. The van der Waals surface area contributed by atoms with Crippen LogP contribution in [0.3, 0.4) is 0 Å². The van der Waals surface area contributed by atoms with Crippen molar-refractivity contribution >= 4 is 11.6 Å². The standard InChI is InChI=1S/C12H17NO2/c1-9-5-3-6-11(10(9)2)13-12(15)7-4-8-14/h3,5-6,14H,4,7-8H2,1-2H3,(H,13,15). The van der Waals surface area contributed by atoms with Gasteiger partial charge in [-0.25, -0.2) is 0 Å². The molecule has 1 aromatic carbocycles. The zero-order valence-corrected chi connectivity index (χ0v) is 9.21. The second kappa shape index (κ2) is 5.51.